The van der Waals surface area contributed by atoms with Gasteiger partial charge < -0.3 is 5.32 Å². The number of amides is 1. The lowest BCUT2D eigenvalue weighted by atomic mass is 10.6. The van der Waals surface area contributed by atoms with Crippen molar-refractivity contribution in [1.82, 2.24) is 5.32 Å². The topological polar surface area (TPSA) is 63.2 Å². The van der Waals surface area contributed by atoms with E-state index >= 15 is 0 Å². The maximum absolute atomic E-state index is 10.5. The first-order chi connectivity index (χ1) is 4.95. The van der Waals surface area contributed by atoms with Crippen LogP contribution in [0.2, 0.25) is 0 Å². The highest BCUT2D eigenvalue weighted by Crippen LogP contribution is 1.79. The highest BCUT2D eigenvalue weighted by molar-refractivity contribution is 7.90. The molecule has 0 bridgehead atoms. The summed E-state index contributed by atoms with van der Waals surface area (Å²) >= 11 is 0. The van der Waals surface area contributed by atoms with Crippen LogP contribution in [0, 0.1) is 0 Å². The molecule has 0 aromatic carbocycles. The van der Waals surface area contributed by atoms with Crippen molar-refractivity contribution in [2.75, 3.05) is 18.6 Å². The van der Waals surface area contributed by atoms with Crippen molar-refractivity contribution in [2.45, 2.75) is 0 Å². The van der Waals surface area contributed by atoms with Crippen molar-refractivity contribution in [3.05, 3.63) is 12.7 Å². The zero-order valence-corrected chi connectivity index (χ0v) is 7.15. The Morgan fingerprint density at radius 1 is 1.64 bits per heavy atom. The molecule has 1 amide bonds. The van der Waals surface area contributed by atoms with Crippen LogP contribution in [0.3, 0.4) is 0 Å². The van der Waals surface area contributed by atoms with Crippen molar-refractivity contribution in [3.8, 4) is 0 Å². The normalized spacial score (nSPS) is 10.6. The summed E-state index contributed by atoms with van der Waals surface area (Å²) in [5, 5.41) is 2.35. The van der Waals surface area contributed by atoms with E-state index in [2.05, 4.69) is 11.9 Å². The van der Waals surface area contributed by atoms with Crippen molar-refractivity contribution < 1.29 is 13.2 Å². The van der Waals surface area contributed by atoms with Gasteiger partial charge in [-0.2, -0.15) is 0 Å². The lowest BCUT2D eigenvalue weighted by Gasteiger charge is -1.98. The number of carbonyl (C=O) groups is 1. The molecule has 0 aromatic heterocycles. The third-order valence-corrected chi connectivity index (χ3v) is 1.90. The summed E-state index contributed by atoms with van der Waals surface area (Å²) in [6, 6.07) is 0. The van der Waals surface area contributed by atoms with Crippen molar-refractivity contribution in [3.63, 3.8) is 0 Å². The minimum Gasteiger partial charge on any atom is -0.352 e. The number of hydrogen-bond acceptors (Lipinski definition) is 3. The van der Waals surface area contributed by atoms with E-state index in [9.17, 15) is 13.2 Å². The summed E-state index contributed by atoms with van der Waals surface area (Å²) in [6.07, 6.45) is 2.22. The molecule has 0 heterocycles. The average Bonchev–Trinajstić information content (AvgIpc) is 1.85. The number of hydrogen-bond donors (Lipinski definition) is 1. The van der Waals surface area contributed by atoms with Gasteiger partial charge in [0.2, 0.25) is 5.91 Å². The Bertz CT molecular complexity index is 243. The quantitative estimate of drug-likeness (QED) is 0.579. The molecule has 0 rings (SSSR count). The molecular formula is C6H11NO3S. The van der Waals surface area contributed by atoms with Crippen LogP contribution in [0.1, 0.15) is 0 Å². The predicted octanol–water partition coefficient (Wildman–Crippen LogP) is -0.667. The Morgan fingerprint density at radius 2 is 2.18 bits per heavy atom. The first kappa shape index (κ1) is 10.2. The van der Waals surface area contributed by atoms with E-state index in [-0.39, 0.29) is 18.2 Å². The summed E-state index contributed by atoms with van der Waals surface area (Å²) in [7, 11) is -2.98. The van der Waals surface area contributed by atoms with E-state index < -0.39 is 9.84 Å². The molecule has 0 saturated heterocycles. The van der Waals surface area contributed by atoms with Gasteiger partial charge in [0.25, 0.3) is 0 Å². The van der Waals surface area contributed by atoms with E-state index in [0.717, 1.165) is 12.3 Å². The van der Waals surface area contributed by atoms with Crippen LogP contribution in [0.4, 0.5) is 0 Å². The van der Waals surface area contributed by atoms with Gasteiger partial charge in [0.1, 0.15) is 9.84 Å². The minimum atomic E-state index is -2.98. The fourth-order valence-electron chi connectivity index (χ4n) is 0.432. The molecule has 0 aromatic rings. The Morgan fingerprint density at radius 3 is 2.55 bits per heavy atom. The van der Waals surface area contributed by atoms with Crippen LogP contribution in [-0.4, -0.2) is 32.9 Å². The summed E-state index contributed by atoms with van der Waals surface area (Å²) in [4.78, 5) is 10.5. The molecule has 0 radical (unpaired) electrons. The monoisotopic (exact) mass is 177 g/mol. The van der Waals surface area contributed by atoms with Crippen LogP contribution in [-0.2, 0) is 14.6 Å². The van der Waals surface area contributed by atoms with Gasteiger partial charge in [0, 0.05) is 12.8 Å². The highest BCUT2D eigenvalue weighted by Gasteiger charge is 2.01. The number of sulfone groups is 1. The predicted molar refractivity (Wildman–Crippen MR) is 42.9 cm³/mol. The summed E-state index contributed by atoms with van der Waals surface area (Å²) < 4.78 is 21.0. The van der Waals surface area contributed by atoms with Crippen LogP contribution < -0.4 is 5.32 Å². The molecule has 11 heavy (non-hydrogen) atoms. The highest BCUT2D eigenvalue weighted by atomic mass is 32.2. The second kappa shape index (κ2) is 4.12. The Kier molecular flexibility index (Phi) is 3.81. The standard InChI is InChI=1S/C6H11NO3S/c1-3-6(8)7-4-5-11(2,9)10/h3H,1,4-5H2,2H3,(H,7,8). The third kappa shape index (κ3) is 7.05. The van der Waals surface area contributed by atoms with E-state index in [1.54, 1.807) is 0 Å². The lowest BCUT2D eigenvalue weighted by Crippen LogP contribution is -2.26. The Balaban J connectivity index is 3.59. The second-order valence-electron chi connectivity index (χ2n) is 2.13. The molecule has 64 valence electrons. The van der Waals surface area contributed by atoms with Gasteiger partial charge in [0.05, 0.1) is 5.75 Å². The van der Waals surface area contributed by atoms with Crippen molar-refractivity contribution >= 4 is 15.7 Å². The van der Waals surface area contributed by atoms with E-state index in [1.807, 2.05) is 0 Å². The zero-order valence-electron chi connectivity index (χ0n) is 6.33. The van der Waals surface area contributed by atoms with Gasteiger partial charge in [-0.15, -0.1) is 0 Å². The molecule has 0 saturated carbocycles. The number of carbonyl (C=O) groups excluding carboxylic acids is 1. The van der Waals surface area contributed by atoms with Crippen LogP contribution in [0.25, 0.3) is 0 Å². The zero-order chi connectivity index (χ0) is 8.91. The van der Waals surface area contributed by atoms with E-state index in [1.165, 1.54) is 0 Å². The molecular weight excluding hydrogens is 166 g/mol. The molecule has 0 aliphatic rings. The maximum atomic E-state index is 10.5. The van der Waals surface area contributed by atoms with Crippen LogP contribution >= 0.6 is 0 Å². The van der Waals surface area contributed by atoms with Crippen molar-refractivity contribution in [1.29, 1.82) is 0 Å². The summed E-state index contributed by atoms with van der Waals surface area (Å²) in [5.41, 5.74) is 0. The van der Waals surface area contributed by atoms with Gasteiger partial charge in [-0.05, 0) is 6.08 Å². The van der Waals surface area contributed by atoms with E-state index in [0.29, 0.717) is 0 Å². The number of nitrogens with one attached hydrogen (secondary N) is 1. The molecule has 4 nitrogen and oxygen atoms in total. The lowest BCUT2D eigenvalue weighted by molar-refractivity contribution is -0.116. The van der Waals surface area contributed by atoms with Crippen LogP contribution in [0.15, 0.2) is 12.7 Å². The average molecular weight is 177 g/mol. The van der Waals surface area contributed by atoms with Gasteiger partial charge >= 0.3 is 0 Å². The second-order valence-corrected chi connectivity index (χ2v) is 4.38. The summed E-state index contributed by atoms with van der Waals surface area (Å²) in [6.45, 7) is 3.36. The van der Waals surface area contributed by atoms with Gasteiger partial charge in [-0.1, -0.05) is 6.58 Å². The summed E-state index contributed by atoms with van der Waals surface area (Å²) in [5.74, 6) is -0.388. The SMILES string of the molecule is C=CC(=O)NCCS(C)(=O)=O. The van der Waals surface area contributed by atoms with Gasteiger partial charge in [0.15, 0.2) is 0 Å². The molecule has 1 N–H and O–H groups in total. The molecule has 0 unspecified atom stereocenters. The van der Waals surface area contributed by atoms with Crippen molar-refractivity contribution in [2.24, 2.45) is 0 Å². The molecule has 5 heteroatoms. The molecule has 0 fully saturated rings. The van der Waals surface area contributed by atoms with Gasteiger partial charge in [-0.3, -0.25) is 4.79 Å². The fraction of sp³-hybridized carbons (Fsp3) is 0.500. The van der Waals surface area contributed by atoms with Crippen LogP contribution in [0.5, 0.6) is 0 Å². The largest absolute Gasteiger partial charge is 0.352 e. The Hall–Kier alpha value is -0.840. The fourth-order valence-corrected chi connectivity index (χ4v) is 0.905. The third-order valence-electron chi connectivity index (χ3n) is 0.957. The first-order valence-corrected chi connectivity index (χ1v) is 5.10. The Labute approximate surface area is 66.2 Å². The van der Waals surface area contributed by atoms with Gasteiger partial charge in [-0.25, -0.2) is 8.42 Å². The minimum absolute atomic E-state index is 0.0351. The molecule has 0 spiro atoms. The maximum Gasteiger partial charge on any atom is 0.243 e. The molecule has 0 atom stereocenters. The number of rotatable bonds is 4. The smallest absolute Gasteiger partial charge is 0.243 e. The molecule has 0 aliphatic heterocycles. The first-order valence-electron chi connectivity index (χ1n) is 3.03. The van der Waals surface area contributed by atoms with E-state index in [4.69, 9.17) is 0 Å². The molecule has 0 aliphatic carbocycles.